The second-order valence-corrected chi connectivity index (χ2v) is 8.72. The highest BCUT2D eigenvalue weighted by Gasteiger charge is 2.14. The lowest BCUT2D eigenvalue weighted by atomic mass is 10.0. The Balaban J connectivity index is 0.000000588. The molecule has 1 N–H and O–H groups in total. The average molecular weight is 493 g/mol. The van der Waals surface area contributed by atoms with Gasteiger partial charge in [0.25, 0.3) is 0 Å². The second kappa shape index (κ2) is 11.8. The first-order chi connectivity index (χ1) is 16.1. The van der Waals surface area contributed by atoms with Gasteiger partial charge in [-0.05, 0) is 55.3 Å². The molecule has 10 heteroatoms. The number of hydrogen-bond acceptors (Lipinski definition) is 8. The molecule has 2 aromatic carbocycles. The standard InChI is InChI=1S/C24H28N2O3.ClHO4/c1-17-14-18(2)24-21(25-8-9-26-10-12-28-13-11-26)16-22(29-23(24)15-17)19-4-6-20(27-3)7-5-19;2-1(3,4)5/h4-7,14-16H,8-13H2,1-3H3;(H,2,3,4,5). The van der Waals surface area contributed by atoms with E-state index in [1.165, 1.54) is 11.1 Å². The van der Waals surface area contributed by atoms with Gasteiger partial charge in [-0.3, -0.25) is 4.90 Å². The largest absolute Gasteiger partial charge is 0.497 e. The van der Waals surface area contributed by atoms with Crippen LogP contribution in [-0.2, 0) is 4.74 Å². The molecule has 184 valence electrons. The Labute approximate surface area is 200 Å². The van der Waals surface area contributed by atoms with Crippen molar-refractivity contribution in [3.05, 3.63) is 58.9 Å². The molecule has 0 spiro atoms. The van der Waals surface area contributed by atoms with Crippen LogP contribution in [0.3, 0.4) is 0 Å². The Morgan fingerprint density at radius 2 is 1.65 bits per heavy atom. The van der Waals surface area contributed by atoms with Gasteiger partial charge in [0.15, 0.2) is 6.54 Å². The number of morpholine rings is 1. The van der Waals surface area contributed by atoms with Crippen LogP contribution in [-0.4, -0.2) is 51.4 Å². The summed E-state index contributed by atoms with van der Waals surface area (Å²) in [5, 5.41) is 2.26. The molecular formula is C24H29ClN2O7. The first-order valence-electron chi connectivity index (χ1n) is 10.8. The fourth-order valence-corrected chi connectivity index (χ4v) is 3.92. The number of nitrogens with one attached hydrogen (secondary N) is 1. The van der Waals surface area contributed by atoms with Gasteiger partial charge >= 0.3 is 0 Å². The van der Waals surface area contributed by atoms with Crippen molar-refractivity contribution in [2.75, 3.05) is 46.5 Å². The Kier molecular flexibility index (Phi) is 9.03. The summed E-state index contributed by atoms with van der Waals surface area (Å²) in [5.41, 5.74) is 4.36. The van der Waals surface area contributed by atoms with Crippen molar-refractivity contribution in [1.29, 1.82) is 0 Å². The molecule has 9 nitrogen and oxygen atoms in total. The highest BCUT2D eigenvalue weighted by Crippen LogP contribution is 2.25. The molecule has 1 fully saturated rings. The first kappa shape index (κ1) is 26.1. The number of aryl methyl sites for hydroxylation is 2. The van der Waals surface area contributed by atoms with Crippen LogP contribution in [0.1, 0.15) is 11.1 Å². The fourth-order valence-electron chi connectivity index (χ4n) is 3.92. The summed E-state index contributed by atoms with van der Waals surface area (Å²) >= 11 is 0. The molecule has 0 unspecified atom stereocenters. The van der Waals surface area contributed by atoms with Crippen molar-refractivity contribution in [1.82, 2.24) is 4.90 Å². The summed E-state index contributed by atoms with van der Waals surface area (Å²) in [4.78, 5) is 6.10. The minimum absolute atomic E-state index is 0.827. The van der Waals surface area contributed by atoms with Crippen LogP contribution in [0, 0.1) is 24.1 Å². The molecule has 0 radical (unpaired) electrons. The van der Waals surface area contributed by atoms with Crippen molar-refractivity contribution in [2.24, 2.45) is 0 Å². The lowest BCUT2D eigenvalue weighted by molar-refractivity contribution is -2.00. The maximum atomic E-state index is 8.49. The van der Waals surface area contributed by atoms with Crippen LogP contribution in [0.15, 0.2) is 46.9 Å². The van der Waals surface area contributed by atoms with Gasteiger partial charge in [0, 0.05) is 18.7 Å². The quantitative estimate of drug-likeness (QED) is 0.405. The van der Waals surface area contributed by atoms with E-state index in [1.54, 1.807) is 7.11 Å². The number of hydrogen-bond donors (Lipinski definition) is 1. The summed E-state index contributed by atoms with van der Waals surface area (Å²) in [7, 11) is -3.27. The summed E-state index contributed by atoms with van der Waals surface area (Å²) < 4.78 is 51.0. The van der Waals surface area contributed by atoms with E-state index in [4.69, 9.17) is 32.5 Å². The summed E-state index contributed by atoms with van der Waals surface area (Å²) in [6.45, 7) is 9.79. The van der Waals surface area contributed by atoms with Gasteiger partial charge in [-0.1, -0.05) is 6.07 Å². The fraction of sp³-hybridized carbons (Fsp3) is 0.375. The summed E-state index contributed by atoms with van der Waals surface area (Å²) in [5.74, 6) is 1.68. The molecule has 0 bridgehead atoms. The number of benzene rings is 2. The Morgan fingerprint density at radius 3 is 2.26 bits per heavy atom. The lowest BCUT2D eigenvalue weighted by Gasteiger charge is -2.24. The van der Waals surface area contributed by atoms with Crippen LogP contribution in [0.2, 0.25) is 0 Å². The van der Waals surface area contributed by atoms with E-state index >= 15 is 0 Å². The molecule has 0 atom stereocenters. The van der Waals surface area contributed by atoms with Crippen molar-refractivity contribution in [2.45, 2.75) is 13.8 Å². The van der Waals surface area contributed by atoms with Gasteiger partial charge in [0.1, 0.15) is 17.1 Å². The van der Waals surface area contributed by atoms with Gasteiger partial charge in [-0.25, -0.2) is 23.6 Å². The maximum absolute atomic E-state index is 8.49. The van der Waals surface area contributed by atoms with E-state index < -0.39 is 10.2 Å². The van der Waals surface area contributed by atoms with E-state index in [-0.39, 0.29) is 0 Å². The van der Waals surface area contributed by atoms with Gasteiger partial charge in [-0.15, -0.1) is 10.2 Å². The van der Waals surface area contributed by atoms with Crippen molar-refractivity contribution in [3.8, 4) is 17.1 Å². The van der Waals surface area contributed by atoms with Crippen LogP contribution in [0.4, 0.5) is 0 Å². The monoisotopic (exact) mass is 492 g/mol. The molecule has 1 aromatic heterocycles. The van der Waals surface area contributed by atoms with E-state index in [0.717, 1.165) is 72.8 Å². The molecule has 2 heterocycles. The van der Waals surface area contributed by atoms with Gasteiger partial charge in [0.2, 0.25) is 5.36 Å². The smallest absolute Gasteiger partial charge is 0.213 e. The summed E-state index contributed by atoms with van der Waals surface area (Å²) in [6.07, 6.45) is 0. The highest BCUT2D eigenvalue weighted by atomic mass is 35.7. The molecule has 1 saturated heterocycles. The average Bonchev–Trinajstić information content (AvgIpc) is 2.78. The van der Waals surface area contributed by atoms with Crippen molar-refractivity contribution < 1.29 is 47.8 Å². The normalized spacial score (nSPS) is 15.2. The highest BCUT2D eigenvalue weighted by molar-refractivity contribution is 5.82. The second-order valence-electron chi connectivity index (χ2n) is 7.97. The van der Waals surface area contributed by atoms with Crippen molar-refractivity contribution in [3.63, 3.8) is 0 Å². The van der Waals surface area contributed by atoms with Crippen LogP contribution in [0.25, 0.3) is 22.3 Å². The van der Waals surface area contributed by atoms with Crippen LogP contribution >= 0.6 is 0 Å². The van der Waals surface area contributed by atoms with Crippen LogP contribution < -0.4 is 33.7 Å². The number of halogens is 1. The first-order valence-corrected chi connectivity index (χ1v) is 12.1. The SMILES string of the molecule is COc1ccc(-c2cc(=[NH+]CCN3CCOCC3)c3c(C)cc(C)cc3o2)cc1.[O-][Cl+3]([O-])([O-])[O-]. The predicted molar refractivity (Wildman–Crippen MR) is 114 cm³/mol. The third-order valence-corrected chi connectivity index (χ3v) is 5.43. The number of rotatable bonds is 5. The zero-order chi connectivity index (χ0) is 24.7. The Morgan fingerprint density at radius 1 is 1.00 bits per heavy atom. The van der Waals surface area contributed by atoms with E-state index in [9.17, 15) is 0 Å². The Bertz CT molecular complexity index is 1140. The lowest BCUT2D eigenvalue weighted by Crippen LogP contribution is -2.78. The zero-order valence-electron chi connectivity index (χ0n) is 19.5. The molecule has 0 aliphatic carbocycles. The topological polar surface area (TPSA) is 141 Å². The minimum Gasteiger partial charge on any atom is -0.497 e. The van der Waals surface area contributed by atoms with Crippen LogP contribution in [0.5, 0.6) is 5.75 Å². The third kappa shape index (κ3) is 7.78. The molecule has 1 aliphatic heterocycles. The minimum atomic E-state index is -4.94. The third-order valence-electron chi connectivity index (χ3n) is 5.43. The van der Waals surface area contributed by atoms with Crippen molar-refractivity contribution >= 4 is 11.0 Å². The van der Waals surface area contributed by atoms with E-state index in [2.05, 4.69) is 41.9 Å². The number of methoxy groups -OCH3 is 1. The van der Waals surface area contributed by atoms with Gasteiger partial charge < -0.3 is 13.9 Å². The molecule has 4 rings (SSSR count). The molecule has 1 aliphatic rings. The van der Waals surface area contributed by atoms with Gasteiger partial charge in [-0.2, -0.15) is 0 Å². The number of fused-ring (bicyclic) bond motifs is 1. The number of ether oxygens (including phenoxy) is 2. The Hall–Kier alpha value is -2.50. The molecule has 3 aromatic rings. The molecule has 34 heavy (non-hydrogen) atoms. The molecular weight excluding hydrogens is 464 g/mol. The van der Waals surface area contributed by atoms with E-state index in [0.29, 0.717) is 0 Å². The van der Waals surface area contributed by atoms with Gasteiger partial charge in [0.05, 0.1) is 38.3 Å². The molecule has 0 amide bonds. The number of nitrogens with zero attached hydrogens (tertiary/aromatic N) is 1. The molecule has 0 saturated carbocycles. The summed E-state index contributed by atoms with van der Waals surface area (Å²) in [6, 6.07) is 14.4. The maximum Gasteiger partial charge on any atom is 0.213 e. The zero-order valence-corrected chi connectivity index (χ0v) is 20.2. The predicted octanol–water partition coefficient (Wildman–Crippen LogP) is -2.72. The van der Waals surface area contributed by atoms with E-state index in [1.807, 2.05) is 24.3 Å².